The van der Waals surface area contributed by atoms with E-state index < -0.39 is 11.6 Å². The van der Waals surface area contributed by atoms with Crippen LogP contribution in [0.15, 0.2) is 16.6 Å². The van der Waals surface area contributed by atoms with Crippen LogP contribution in [0.25, 0.3) is 0 Å². The summed E-state index contributed by atoms with van der Waals surface area (Å²) < 4.78 is 25.7. The van der Waals surface area contributed by atoms with Crippen molar-refractivity contribution in [3.63, 3.8) is 0 Å². The highest BCUT2D eigenvalue weighted by molar-refractivity contribution is 9.10. The lowest BCUT2D eigenvalue weighted by molar-refractivity contribution is 0.121. The predicted molar refractivity (Wildman–Crippen MR) is 43.0 cm³/mol. The van der Waals surface area contributed by atoms with Gasteiger partial charge >= 0.3 is 0 Å². The summed E-state index contributed by atoms with van der Waals surface area (Å²) in [5.74, 6) is 3.64. The number of hydrogen-bond donors (Lipinski definition) is 1. The van der Waals surface area contributed by atoms with Gasteiger partial charge in [-0.25, -0.2) is 14.7 Å². The fraction of sp³-hybridized carbons (Fsp3) is 0.143. The smallest absolute Gasteiger partial charge is 0.143 e. The van der Waals surface area contributed by atoms with Crippen LogP contribution >= 0.6 is 15.9 Å². The fourth-order valence-electron chi connectivity index (χ4n) is 0.804. The molecule has 0 atom stereocenters. The molecule has 0 bridgehead atoms. The molecule has 0 fully saturated rings. The molecule has 0 heterocycles. The third-order valence-corrected chi connectivity index (χ3v) is 1.88. The second kappa shape index (κ2) is 3.93. The summed E-state index contributed by atoms with van der Waals surface area (Å²) in [5.41, 5.74) is 0.0874. The number of benzene rings is 1. The maximum Gasteiger partial charge on any atom is 0.143 e. The monoisotopic (exact) mass is 237 g/mol. The molecular formula is C7H6BrF2NO. The summed E-state index contributed by atoms with van der Waals surface area (Å²) >= 11 is 2.86. The molecule has 1 aromatic carbocycles. The summed E-state index contributed by atoms with van der Waals surface area (Å²) in [6.45, 7) is -0.151. The van der Waals surface area contributed by atoms with E-state index in [9.17, 15) is 8.78 Å². The van der Waals surface area contributed by atoms with Gasteiger partial charge in [0, 0.05) is 5.56 Å². The molecule has 1 aromatic rings. The minimum absolute atomic E-state index is 0.0644. The molecule has 0 spiro atoms. The summed E-state index contributed by atoms with van der Waals surface area (Å²) in [5, 5.41) is 0. The number of hydrogen-bond acceptors (Lipinski definition) is 2. The SMILES string of the molecule is NOCc1cc(F)cc(Br)c1F. The van der Waals surface area contributed by atoms with Crippen molar-refractivity contribution in [3.8, 4) is 0 Å². The molecule has 2 nitrogen and oxygen atoms in total. The molecule has 0 aromatic heterocycles. The van der Waals surface area contributed by atoms with E-state index in [1.54, 1.807) is 0 Å². The summed E-state index contributed by atoms with van der Waals surface area (Å²) in [7, 11) is 0. The molecule has 12 heavy (non-hydrogen) atoms. The molecule has 0 saturated heterocycles. The maximum absolute atomic E-state index is 13.0. The van der Waals surface area contributed by atoms with Crippen molar-refractivity contribution in [2.45, 2.75) is 6.61 Å². The van der Waals surface area contributed by atoms with Crippen molar-refractivity contribution < 1.29 is 13.6 Å². The Labute approximate surface area is 76.4 Å². The second-order valence-corrected chi connectivity index (χ2v) is 3.03. The molecule has 5 heteroatoms. The molecular weight excluding hydrogens is 232 g/mol. The first-order chi connectivity index (χ1) is 5.65. The van der Waals surface area contributed by atoms with Crippen molar-refractivity contribution in [1.29, 1.82) is 0 Å². The van der Waals surface area contributed by atoms with Gasteiger partial charge in [-0.05, 0) is 28.1 Å². The van der Waals surface area contributed by atoms with Crippen LogP contribution in [0, 0.1) is 11.6 Å². The van der Waals surface area contributed by atoms with E-state index in [-0.39, 0.29) is 16.6 Å². The third-order valence-electron chi connectivity index (χ3n) is 1.31. The molecule has 1 rings (SSSR count). The fourth-order valence-corrected chi connectivity index (χ4v) is 1.28. The van der Waals surface area contributed by atoms with E-state index in [0.29, 0.717) is 0 Å². The van der Waals surface area contributed by atoms with Gasteiger partial charge < -0.3 is 0 Å². The van der Waals surface area contributed by atoms with Crippen LogP contribution < -0.4 is 5.90 Å². The average Bonchev–Trinajstić information content (AvgIpc) is 2.00. The lowest BCUT2D eigenvalue weighted by atomic mass is 10.2. The van der Waals surface area contributed by atoms with Gasteiger partial charge in [0.1, 0.15) is 11.6 Å². The van der Waals surface area contributed by atoms with Crippen LogP contribution in [0.4, 0.5) is 8.78 Å². The Bertz CT molecular complexity index is 293. The maximum atomic E-state index is 13.0. The Morgan fingerprint density at radius 3 is 2.67 bits per heavy atom. The zero-order valence-corrected chi connectivity index (χ0v) is 7.57. The van der Waals surface area contributed by atoms with E-state index in [0.717, 1.165) is 12.1 Å². The first-order valence-electron chi connectivity index (χ1n) is 3.10. The van der Waals surface area contributed by atoms with Crippen LogP contribution in [0.2, 0.25) is 0 Å². The second-order valence-electron chi connectivity index (χ2n) is 2.17. The number of nitrogens with two attached hydrogens (primary N) is 1. The van der Waals surface area contributed by atoms with E-state index in [4.69, 9.17) is 5.90 Å². The van der Waals surface area contributed by atoms with Crippen molar-refractivity contribution in [1.82, 2.24) is 0 Å². The van der Waals surface area contributed by atoms with Crippen molar-refractivity contribution >= 4 is 15.9 Å². The van der Waals surface area contributed by atoms with Crippen LogP contribution in [0.1, 0.15) is 5.56 Å². The highest BCUT2D eigenvalue weighted by atomic mass is 79.9. The van der Waals surface area contributed by atoms with E-state index in [2.05, 4.69) is 20.8 Å². The van der Waals surface area contributed by atoms with Gasteiger partial charge in [0.15, 0.2) is 0 Å². The molecule has 0 amide bonds. The Balaban J connectivity index is 3.09. The first kappa shape index (κ1) is 9.57. The van der Waals surface area contributed by atoms with Crippen molar-refractivity contribution in [2.75, 3.05) is 0 Å². The third kappa shape index (κ3) is 2.00. The van der Waals surface area contributed by atoms with Crippen LogP contribution in [0.5, 0.6) is 0 Å². The predicted octanol–water partition coefficient (Wildman–Crippen LogP) is 2.12. The van der Waals surface area contributed by atoms with E-state index >= 15 is 0 Å². The Morgan fingerprint density at radius 2 is 2.08 bits per heavy atom. The van der Waals surface area contributed by atoms with Gasteiger partial charge in [0.2, 0.25) is 0 Å². The highest BCUT2D eigenvalue weighted by Gasteiger charge is 2.08. The highest BCUT2D eigenvalue weighted by Crippen LogP contribution is 2.20. The molecule has 0 aliphatic carbocycles. The lowest BCUT2D eigenvalue weighted by Crippen LogP contribution is -2.02. The summed E-state index contributed by atoms with van der Waals surface area (Å²) in [4.78, 5) is 4.19. The van der Waals surface area contributed by atoms with Gasteiger partial charge in [0.05, 0.1) is 11.1 Å². The molecule has 2 N–H and O–H groups in total. The van der Waals surface area contributed by atoms with Gasteiger partial charge in [-0.3, -0.25) is 4.84 Å². The molecule has 0 aliphatic rings. The molecule has 0 aliphatic heterocycles. The van der Waals surface area contributed by atoms with Gasteiger partial charge in [-0.1, -0.05) is 0 Å². The standard InChI is InChI=1S/C7H6BrF2NO/c8-6-2-5(9)1-4(3-12-11)7(6)10/h1-2H,3,11H2. The van der Waals surface area contributed by atoms with Gasteiger partial charge in [-0.15, -0.1) is 0 Å². The molecule has 66 valence electrons. The van der Waals surface area contributed by atoms with Crippen LogP contribution in [-0.4, -0.2) is 0 Å². The Kier molecular flexibility index (Phi) is 3.13. The van der Waals surface area contributed by atoms with Crippen molar-refractivity contribution in [2.24, 2.45) is 5.90 Å². The Morgan fingerprint density at radius 1 is 1.42 bits per heavy atom. The van der Waals surface area contributed by atoms with Crippen molar-refractivity contribution in [3.05, 3.63) is 33.8 Å². The lowest BCUT2D eigenvalue weighted by Gasteiger charge is -2.02. The molecule has 0 radical (unpaired) electrons. The normalized spacial score (nSPS) is 10.3. The van der Waals surface area contributed by atoms with Gasteiger partial charge in [-0.2, -0.15) is 0 Å². The van der Waals surface area contributed by atoms with Crippen LogP contribution in [-0.2, 0) is 11.4 Å². The quantitative estimate of drug-likeness (QED) is 0.632. The average molecular weight is 238 g/mol. The number of rotatable bonds is 2. The molecule has 0 unspecified atom stereocenters. The summed E-state index contributed by atoms with van der Waals surface area (Å²) in [6.07, 6.45) is 0. The first-order valence-corrected chi connectivity index (χ1v) is 3.89. The Hall–Kier alpha value is -0.520. The minimum Gasteiger partial charge on any atom is -0.300 e. The van der Waals surface area contributed by atoms with Gasteiger partial charge in [0.25, 0.3) is 0 Å². The minimum atomic E-state index is -0.554. The summed E-state index contributed by atoms with van der Waals surface area (Å²) in [6, 6.07) is 2.07. The number of halogens is 3. The topological polar surface area (TPSA) is 35.2 Å². The van der Waals surface area contributed by atoms with E-state index in [1.807, 2.05) is 0 Å². The molecule has 0 saturated carbocycles. The van der Waals surface area contributed by atoms with E-state index in [1.165, 1.54) is 0 Å². The zero-order chi connectivity index (χ0) is 9.14. The van der Waals surface area contributed by atoms with Crippen LogP contribution in [0.3, 0.4) is 0 Å². The zero-order valence-electron chi connectivity index (χ0n) is 5.98. The largest absolute Gasteiger partial charge is 0.300 e.